The van der Waals surface area contributed by atoms with E-state index >= 15 is 0 Å². The van der Waals surface area contributed by atoms with Crippen LogP contribution in [0.25, 0.3) is 0 Å². The van der Waals surface area contributed by atoms with Crippen molar-refractivity contribution in [3.63, 3.8) is 0 Å². The largest absolute Gasteiger partial charge is 0.484 e. The monoisotopic (exact) mass is 306 g/mol. The van der Waals surface area contributed by atoms with Crippen LogP contribution in [0, 0.1) is 10.8 Å². The van der Waals surface area contributed by atoms with Crippen LogP contribution in [0.4, 0.5) is 0 Å². The van der Waals surface area contributed by atoms with E-state index in [1.807, 2.05) is 0 Å². The molecule has 9 nitrogen and oxygen atoms in total. The van der Waals surface area contributed by atoms with Crippen LogP contribution in [0.3, 0.4) is 0 Å². The first-order valence-corrected chi connectivity index (χ1v) is 6.07. The van der Waals surface area contributed by atoms with Gasteiger partial charge in [-0.25, -0.2) is 0 Å². The third-order valence-electron chi connectivity index (χ3n) is 1.99. The average Bonchev–Trinajstić information content (AvgIpc) is 2.44. The van der Waals surface area contributed by atoms with Gasteiger partial charge in [-0.2, -0.15) is 0 Å². The summed E-state index contributed by atoms with van der Waals surface area (Å²) in [5.74, 6) is -1.73. The van der Waals surface area contributed by atoms with Crippen molar-refractivity contribution in [2.24, 2.45) is 0 Å². The number of methoxy groups -OCH3 is 2. The number of ether oxygens (including phenoxy) is 3. The average molecular weight is 306 g/mol. The molecule has 0 spiro atoms. The number of hydrogen-bond acceptors (Lipinski definition) is 7. The highest BCUT2D eigenvalue weighted by Gasteiger charge is 2.00. The molecule has 9 heteroatoms. The smallest absolute Gasteiger partial charge is 0.303 e. The summed E-state index contributed by atoms with van der Waals surface area (Å²) >= 11 is 0. The van der Waals surface area contributed by atoms with Gasteiger partial charge >= 0.3 is 11.9 Å². The Labute approximate surface area is 122 Å². The number of carboxylic acid groups (broad SMARTS) is 2. The van der Waals surface area contributed by atoms with Gasteiger partial charge in [0.25, 0.3) is 0 Å². The van der Waals surface area contributed by atoms with Crippen molar-refractivity contribution < 1.29 is 34.0 Å². The number of rotatable bonds is 9. The molecule has 0 aliphatic carbocycles. The van der Waals surface area contributed by atoms with E-state index in [0.29, 0.717) is 26.1 Å². The fourth-order valence-corrected chi connectivity index (χ4v) is 0.850. The van der Waals surface area contributed by atoms with Gasteiger partial charge in [-0.1, -0.05) is 0 Å². The maximum absolute atomic E-state index is 9.64. The van der Waals surface area contributed by atoms with Crippen LogP contribution in [0.2, 0.25) is 0 Å². The fraction of sp³-hybridized carbons (Fsp3) is 0.667. The molecular weight excluding hydrogens is 284 g/mol. The summed E-state index contributed by atoms with van der Waals surface area (Å²) in [6.45, 7) is 0.896. The Hall–Kier alpha value is -2.16. The second-order valence-corrected chi connectivity index (χ2v) is 3.65. The van der Waals surface area contributed by atoms with E-state index < -0.39 is 11.9 Å². The lowest BCUT2D eigenvalue weighted by molar-refractivity contribution is -0.143. The van der Waals surface area contributed by atoms with E-state index in [1.165, 1.54) is 14.2 Å². The number of carbonyl (C=O) groups is 2. The first-order chi connectivity index (χ1) is 9.83. The van der Waals surface area contributed by atoms with Crippen LogP contribution in [-0.2, 0) is 23.8 Å². The third kappa shape index (κ3) is 20.3. The van der Waals surface area contributed by atoms with Gasteiger partial charge in [0, 0.05) is 12.8 Å². The minimum Gasteiger partial charge on any atom is -0.484 e. The normalized spacial score (nSPS) is 9.05. The van der Waals surface area contributed by atoms with Crippen LogP contribution in [0.5, 0.6) is 0 Å². The van der Waals surface area contributed by atoms with E-state index in [2.05, 4.69) is 9.47 Å². The minimum atomic E-state index is -1.08. The summed E-state index contributed by atoms with van der Waals surface area (Å²) < 4.78 is 14.4. The molecule has 0 atom stereocenters. The summed E-state index contributed by atoms with van der Waals surface area (Å²) in [5, 5.41) is 30.0. The first kappa shape index (κ1) is 21.1. The molecule has 0 unspecified atom stereocenters. The Morgan fingerprint density at radius 1 is 0.810 bits per heavy atom. The second kappa shape index (κ2) is 14.3. The van der Waals surface area contributed by atoms with Gasteiger partial charge in [0.05, 0.1) is 40.3 Å². The Bertz CT molecular complexity index is 312. The predicted molar refractivity (Wildman–Crippen MR) is 74.0 cm³/mol. The van der Waals surface area contributed by atoms with Gasteiger partial charge in [0.1, 0.15) is 0 Å². The van der Waals surface area contributed by atoms with Gasteiger partial charge in [-0.05, 0) is 0 Å². The molecule has 0 aliphatic rings. The number of hydrogen-bond donors (Lipinski definition) is 4. The zero-order chi connectivity index (χ0) is 16.7. The van der Waals surface area contributed by atoms with Gasteiger partial charge in [0.2, 0.25) is 0 Å². The summed E-state index contributed by atoms with van der Waals surface area (Å²) in [7, 11) is 2.92. The molecule has 21 heavy (non-hydrogen) atoms. The van der Waals surface area contributed by atoms with E-state index in [9.17, 15) is 9.59 Å². The molecule has 0 radical (unpaired) electrons. The SMILES string of the molecule is COC(=N)CCOCCC(=N)OC.O=C(O)CCC(=O)O. The highest BCUT2D eigenvalue weighted by atomic mass is 16.5. The Morgan fingerprint density at radius 3 is 1.38 bits per heavy atom. The Kier molecular flexibility index (Phi) is 14.4. The molecule has 0 aliphatic heterocycles. The molecule has 0 saturated carbocycles. The van der Waals surface area contributed by atoms with E-state index in [0.717, 1.165) is 0 Å². The summed E-state index contributed by atoms with van der Waals surface area (Å²) in [6, 6.07) is 0. The summed E-state index contributed by atoms with van der Waals surface area (Å²) in [6.07, 6.45) is 0.346. The lowest BCUT2D eigenvalue weighted by Gasteiger charge is -2.04. The molecule has 0 aromatic carbocycles. The van der Waals surface area contributed by atoms with Crippen LogP contribution in [0.15, 0.2) is 0 Å². The molecule has 0 saturated heterocycles. The maximum Gasteiger partial charge on any atom is 0.303 e. The van der Waals surface area contributed by atoms with Crippen molar-refractivity contribution in [2.45, 2.75) is 25.7 Å². The van der Waals surface area contributed by atoms with E-state index in [-0.39, 0.29) is 24.6 Å². The van der Waals surface area contributed by atoms with Crippen LogP contribution < -0.4 is 0 Å². The number of aliphatic carboxylic acids is 2. The standard InChI is InChI=1S/C8H16N2O3.C4H6O4/c1-11-7(9)3-5-13-6-4-8(10)12-2;5-3(6)1-2-4(7)8/h9-10H,3-6H2,1-2H3;1-2H2,(H,5,6)(H,7,8). The van der Waals surface area contributed by atoms with Crippen molar-refractivity contribution in [1.82, 2.24) is 0 Å². The van der Waals surface area contributed by atoms with Gasteiger partial charge in [0.15, 0.2) is 11.8 Å². The van der Waals surface area contributed by atoms with Crippen LogP contribution >= 0.6 is 0 Å². The van der Waals surface area contributed by atoms with Crippen molar-refractivity contribution >= 4 is 23.7 Å². The quantitative estimate of drug-likeness (QED) is 0.281. The molecule has 0 heterocycles. The first-order valence-electron chi connectivity index (χ1n) is 6.07. The highest BCUT2D eigenvalue weighted by Crippen LogP contribution is 1.90. The van der Waals surface area contributed by atoms with E-state index in [4.69, 9.17) is 25.8 Å². The van der Waals surface area contributed by atoms with Crippen molar-refractivity contribution in [2.75, 3.05) is 27.4 Å². The third-order valence-corrected chi connectivity index (χ3v) is 1.99. The molecule has 0 bridgehead atoms. The Morgan fingerprint density at radius 2 is 1.14 bits per heavy atom. The zero-order valence-electron chi connectivity index (χ0n) is 12.2. The minimum absolute atomic E-state index is 0.210. The highest BCUT2D eigenvalue weighted by molar-refractivity contribution is 5.75. The van der Waals surface area contributed by atoms with Gasteiger partial charge in [-0.15, -0.1) is 0 Å². The zero-order valence-corrected chi connectivity index (χ0v) is 12.2. The molecule has 0 aromatic heterocycles. The molecule has 0 amide bonds. The molecule has 4 N–H and O–H groups in total. The molecule has 122 valence electrons. The molecule has 0 rings (SSSR count). The van der Waals surface area contributed by atoms with Gasteiger partial charge < -0.3 is 24.4 Å². The lowest BCUT2D eigenvalue weighted by atomic mass is 10.3. The Balaban J connectivity index is 0. The van der Waals surface area contributed by atoms with Crippen LogP contribution in [0.1, 0.15) is 25.7 Å². The van der Waals surface area contributed by atoms with Gasteiger partial charge in [-0.3, -0.25) is 20.4 Å². The molecule has 0 fully saturated rings. The van der Waals surface area contributed by atoms with Crippen molar-refractivity contribution in [3.05, 3.63) is 0 Å². The lowest BCUT2D eigenvalue weighted by Crippen LogP contribution is -2.08. The molecular formula is C12H22N2O7. The number of nitrogens with one attached hydrogen (secondary N) is 2. The maximum atomic E-state index is 9.64. The van der Waals surface area contributed by atoms with E-state index in [1.54, 1.807) is 0 Å². The van der Waals surface area contributed by atoms with Crippen LogP contribution in [-0.4, -0.2) is 61.4 Å². The summed E-state index contributed by atoms with van der Waals surface area (Å²) in [5.41, 5.74) is 0. The topological polar surface area (TPSA) is 150 Å². The fourth-order valence-electron chi connectivity index (χ4n) is 0.850. The molecule has 0 aromatic rings. The van der Waals surface area contributed by atoms with Crippen molar-refractivity contribution in [1.29, 1.82) is 10.8 Å². The second-order valence-electron chi connectivity index (χ2n) is 3.65. The number of carboxylic acids is 2. The van der Waals surface area contributed by atoms with Crippen molar-refractivity contribution in [3.8, 4) is 0 Å². The summed E-state index contributed by atoms with van der Waals surface area (Å²) in [4.78, 5) is 19.3. The predicted octanol–water partition coefficient (Wildman–Crippen LogP) is 0.966.